The van der Waals surface area contributed by atoms with Gasteiger partial charge in [-0.2, -0.15) is 0 Å². The third-order valence-corrected chi connectivity index (χ3v) is 3.43. The number of methoxy groups -OCH3 is 1. The van der Waals surface area contributed by atoms with E-state index in [1.807, 2.05) is 19.1 Å². The van der Waals surface area contributed by atoms with Crippen LogP contribution in [0.1, 0.15) is 18.4 Å². The maximum atomic E-state index is 6.09. The molecule has 0 heterocycles. The summed E-state index contributed by atoms with van der Waals surface area (Å²) in [5.41, 5.74) is 6.65. The van der Waals surface area contributed by atoms with Gasteiger partial charge in [0.05, 0.1) is 12.1 Å². The number of halogens is 2. The third kappa shape index (κ3) is 2.22. The Bertz CT molecular complexity index is 330. The molecule has 0 saturated heterocycles. The molecule has 1 aromatic carbocycles. The zero-order chi connectivity index (χ0) is 10.7. The van der Waals surface area contributed by atoms with E-state index in [9.17, 15) is 0 Å². The molecule has 0 aliphatic heterocycles. The maximum Gasteiger partial charge on any atom is 0.142 e. The number of hydrogen-bond acceptors (Lipinski definition) is 2. The zero-order valence-corrected chi connectivity index (χ0v) is 10.5. The Morgan fingerprint density at radius 3 is 2.71 bits per heavy atom. The molecule has 1 atom stereocenters. The van der Waals surface area contributed by atoms with Crippen molar-refractivity contribution in [1.29, 1.82) is 0 Å². The summed E-state index contributed by atoms with van der Waals surface area (Å²) in [6, 6.07) is 3.89. The average molecular weight is 279 g/mol. The molecule has 0 saturated carbocycles. The summed E-state index contributed by atoms with van der Waals surface area (Å²) in [6.07, 6.45) is 0. The van der Waals surface area contributed by atoms with Crippen LogP contribution in [0, 0.1) is 0 Å². The van der Waals surface area contributed by atoms with Crippen LogP contribution in [0.5, 0.6) is 5.75 Å². The van der Waals surface area contributed by atoms with Crippen molar-refractivity contribution in [3.05, 3.63) is 27.2 Å². The van der Waals surface area contributed by atoms with Gasteiger partial charge in [0.15, 0.2) is 0 Å². The fourth-order valence-corrected chi connectivity index (χ4v) is 1.83. The van der Waals surface area contributed by atoms with E-state index in [4.69, 9.17) is 22.1 Å². The molecule has 0 amide bonds. The molecule has 1 aromatic rings. The van der Waals surface area contributed by atoms with Gasteiger partial charge in [0, 0.05) is 4.47 Å². The van der Waals surface area contributed by atoms with Gasteiger partial charge < -0.3 is 10.5 Å². The lowest BCUT2D eigenvalue weighted by Gasteiger charge is -2.15. The number of rotatable bonds is 3. The summed E-state index contributed by atoms with van der Waals surface area (Å²) in [5, 5.41) is 0.602. The number of ether oxygens (including phenoxy) is 1. The molecular weight excluding hydrogens is 265 g/mol. The van der Waals surface area contributed by atoms with Crippen LogP contribution in [-0.4, -0.2) is 13.7 Å². The van der Waals surface area contributed by atoms with Crippen molar-refractivity contribution < 1.29 is 4.74 Å². The molecule has 4 heteroatoms. The highest BCUT2D eigenvalue weighted by molar-refractivity contribution is 9.10. The normalized spacial score (nSPS) is 12.6. The van der Waals surface area contributed by atoms with Crippen molar-refractivity contribution in [3.8, 4) is 5.75 Å². The number of benzene rings is 1. The SMILES string of the molecule is COc1c(C(C)CN)ccc(Br)c1Cl. The summed E-state index contributed by atoms with van der Waals surface area (Å²) in [5.74, 6) is 0.953. The summed E-state index contributed by atoms with van der Waals surface area (Å²) in [6.45, 7) is 2.62. The minimum absolute atomic E-state index is 0.246. The first-order valence-electron chi connectivity index (χ1n) is 4.33. The van der Waals surface area contributed by atoms with Crippen LogP contribution in [-0.2, 0) is 0 Å². The van der Waals surface area contributed by atoms with Crippen molar-refractivity contribution in [3.63, 3.8) is 0 Å². The Morgan fingerprint density at radius 2 is 2.21 bits per heavy atom. The van der Waals surface area contributed by atoms with Gasteiger partial charge in [0.1, 0.15) is 5.75 Å². The quantitative estimate of drug-likeness (QED) is 0.922. The molecule has 1 unspecified atom stereocenters. The first-order valence-corrected chi connectivity index (χ1v) is 5.50. The maximum absolute atomic E-state index is 6.09. The Morgan fingerprint density at radius 1 is 1.57 bits per heavy atom. The van der Waals surface area contributed by atoms with Crippen molar-refractivity contribution in [2.45, 2.75) is 12.8 Å². The Hall–Kier alpha value is -0.250. The van der Waals surface area contributed by atoms with Gasteiger partial charge in [-0.25, -0.2) is 0 Å². The molecule has 0 spiro atoms. The predicted molar refractivity (Wildman–Crippen MR) is 63.2 cm³/mol. The Labute approximate surface area is 97.5 Å². The molecule has 14 heavy (non-hydrogen) atoms. The summed E-state index contributed by atoms with van der Waals surface area (Å²) in [7, 11) is 1.61. The van der Waals surface area contributed by atoms with Crippen molar-refractivity contribution in [2.75, 3.05) is 13.7 Å². The van der Waals surface area contributed by atoms with Gasteiger partial charge in [-0.15, -0.1) is 0 Å². The average Bonchev–Trinajstić information content (AvgIpc) is 2.20. The molecule has 0 radical (unpaired) electrons. The smallest absolute Gasteiger partial charge is 0.142 e. The van der Waals surface area contributed by atoms with Crippen LogP contribution < -0.4 is 10.5 Å². The van der Waals surface area contributed by atoms with E-state index in [2.05, 4.69) is 15.9 Å². The highest BCUT2D eigenvalue weighted by Gasteiger charge is 2.14. The monoisotopic (exact) mass is 277 g/mol. The fraction of sp³-hybridized carbons (Fsp3) is 0.400. The van der Waals surface area contributed by atoms with Gasteiger partial charge in [0.2, 0.25) is 0 Å². The van der Waals surface area contributed by atoms with Crippen LogP contribution in [0.2, 0.25) is 5.02 Å². The van der Waals surface area contributed by atoms with Crippen molar-refractivity contribution in [2.24, 2.45) is 5.73 Å². The van der Waals surface area contributed by atoms with E-state index in [0.717, 1.165) is 10.0 Å². The molecule has 0 aliphatic rings. The van der Waals surface area contributed by atoms with E-state index >= 15 is 0 Å². The van der Waals surface area contributed by atoms with Gasteiger partial charge in [0.25, 0.3) is 0 Å². The second kappa shape index (κ2) is 5.01. The van der Waals surface area contributed by atoms with Crippen LogP contribution >= 0.6 is 27.5 Å². The van der Waals surface area contributed by atoms with Crippen LogP contribution in [0.25, 0.3) is 0 Å². The molecule has 0 fully saturated rings. The first-order chi connectivity index (χ1) is 6.61. The van der Waals surface area contributed by atoms with Crippen molar-refractivity contribution in [1.82, 2.24) is 0 Å². The summed E-state index contributed by atoms with van der Waals surface area (Å²) < 4.78 is 6.10. The largest absolute Gasteiger partial charge is 0.495 e. The topological polar surface area (TPSA) is 35.2 Å². The second-order valence-electron chi connectivity index (χ2n) is 3.12. The highest BCUT2D eigenvalue weighted by atomic mass is 79.9. The fourth-order valence-electron chi connectivity index (χ4n) is 1.27. The number of nitrogens with two attached hydrogens (primary N) is 1. The van der Waals surface area contributed by atoms with Gasteiger partial charge in [-0.1, -0.05) is 24.6 Å². The molecule has 0 bridgehead atoms. The minimum atomic E-state index is 0.246. The molecule has 2 N–H and O–H groups in total. The van der Waals surface area contributed by atoms with Crippen LogP contribution in [0.3, 0.4) is 0 Å². The Kier molecular flexibility index (Phi) is 4.23. The third-order valence-electron chi connectivity index (χ3n) is 2.17. The molecule has 0 aliphatic carbocycles. The van der Waals surface area contributed by atoms with Crippen LogP contribution in [0.15, 0.2) is 16.6 Å². The van der Waals surface area contributed by atoms with Gasteiger partial charge in [-0.05, 0) is 40.0 Å². The lowest BCUT2D eigenvalue weighted by atomic mass is 10.0. The lowest BCUT2D eigenvalue weighted by molar-refractivity contribution is 0.406. The molecule has 78 valence electrons. The second-order valence-corrected chi connectivity index (χ2v) is 4.35. The lowest BCUT2D eigenvalue weighted by Crippen LogP contribution is -2.10. The van der Waals surface area contributed by atoms with E-state index in [1.165, 1.54) is 0 Å². The van der Waals surface area contributed by atoms with Crippen LogP contribution in [0.4, 0.5) is 0 Å². The van der Waals surface area contributed by atoms with Gasteiger partial charge in [-0.3, -0.25) is 0 Å². The van der Waals surface area contributed by atoms with Gasteiger partial charge >= 0.3 is 0 Å². The zero-order valence-electron chi connectivity index (χ0n) is 8.18. The number of hydrogen-bond donors (Lipinski definition) is 1. The first kappa shape index (κ1) is 11.8. The summed E-state index contributed by atoms with van der Waals surface area (Å²) >= 11 is 9.44. The van der Waals surface area contributed by atoms with Crippen molar-refractivity contribution >= 4 is 27.5 Å². The Balaban J connectivity index is 3.23. The van der Waals surface area contributed by atoms with E-state index in [0.29, 0.717) is 17.3 Å². The summed E-state index contributed by atoms with van der Waals surface area (Å²) in [4.78, 5) is 0. The molecule has 2 nitrogen and oxygen atoms in total. The minimum Gasteiger partial charge on any atom is -0.495 e. The van der Waals surface area contributed by atoms with E-state index in [-0.39, 0.29) is 5.92 Å². The van der Waals surface area contributed by atoms with E-state index in [1.54, 1.807) is 7.11 Å². The molecule has 0 aromatic heterocycles. The standard InChI is InChI=1S/C10H13BrClNO/c1-6(5-13)7-3-4-8(11)9(12)10(7)14-2/h3-4,6H,5,13H2,1-2H3. The molecule has 1 rings (SSSR count). The predicted octanol–water partition coefficient (Wildman–Crippen LogP) is 3.17. The molecular formula is C10H13BrClNO. The van der Waals surface area contributed by atoms with E-state index < -0.39 is 0 Å². The highest BCUT2D eigenvalue weighted by Crippen LogP contribution is 2.38.